The van der Waals surface area contributed by atoms with Gasteiger partial charge in [-0.05, 0) is 30.2 Å². The first kappa shape index (κ1) is 17.5. The van der Waals surface area contributed by atoms with Gasteiger partial charge in [-0.3, -0.25) is 4.79 Å². The van der Waals surface area contributed by atoms with Crippen molar-refractivity contribution in [2.45, 2.75) is 12.3 Å². The normalized spacial score (nSPS) is 11.6. The van der Waals surface area contributed by atoms with Crippen molar-refractivity contribution < 1.29 is 29.2 Å². The largest absolute Gasteiger partial charge is 0.508 e. The number of carbonyl (C=O) groups is 1. The van der Waals surface area contributed by atoms with Crippen molar-refractivity contribution in [3.63, 3.8) is 0 Å². The van der Waals surface area contributed by atoms with E-state index in [1.165, 1.54) is 27.4 Å². The van der Waals surface area contributed by atoms with E-state index in [1.807, 2.05) is 0 Å². The number of hydrogen-bond donors (Lipinski definition) is 2. The van der Waals surface area contributed by atoms with Crippen LogP contribution >= 0.6 is 0 Å². The van der Waals surface area contributed by atoms with E-state index in [9.17, 15) is 15.0 Å². The fraction of sp³-hybridized carbons (Fsp3) is 0.278. The van der Waals surface area contributed by atoms with Crippen molar-refractivity contribution in [3.8, 4) is 23.0 Å². The Labute approximate surface area is 140 Å². The predicted molar refractivity (Wildman–Crippen MR) is 88.3 cm³/mol. The highest BCUT2D eigenvalue weighted by molar-refractivity contribution is 5.79. The summed E-state index contributed by atoms with van der Waals surface area (Å²) in [5, 5.41) is 19.3. The number of carboxylic acids is 1. The molecule has 0 spiro atoms. The fourth-order valence-electron chi connectivity index (χ4n) is 2.65. The summed E-state index contributed by atoms with van der Waals surface area (Å²) >= 11 is 0. The standard InChI is InChI=1S/C18H20O6/c1-22-15-8-7-13(16(23-2)17(15)24-3)14(18(20)21)10-11-5-4-6-12(19)9-11/h4-9,14,19H,10H2,1-3H3,(H,20,21). The van der Waals surface area contributed by atoms with E-state index in [0.29, 0.717) is 28.4 Å². The Kier molecular flexibility index (Phi) is 5.52. The van der Waals surface area contributed by atoms with Crippen LogP contribution in [-0.2, 0) is 11.2 Å². The third-order valence-electron chi connectivity index (χ3n) is 3.76. The lowest BCUT2D eigenvalue weighted by atomic mass is 9.91. The minimum atomic E-state index is -0.996. The molecule has 0 saturated heterocycles. The van der Waals surface area contributed by atoms with Gasteiger partial charge in [0.05, 0.1) is 27.2 Å². The summed E-state index contributed by atoms with van der Waals surface area (Å²) in [4.78, 5) is 11.8. The number of aliphatic carboxylic acids is 1. The molecule has 2 aromatic carbocycles. The smallest absolute Gasteiger partial charge is 0.311 e. The first-order chi connectivity index (χ1) is 11.5. The number of benzene rings is 2. The van der Waals surface area contributed by atoms with Crippen LogP contribution in [-0.4, -0.2) is 37.5 Å². The number of methoxy groups -OCH3 is 3. The van der Waals surface area contributed by atoms with E-state index < -0.39 is 11.9 Å². The van der Waals surface area contributed by atoms with Gasteiger partial charge in [0, 0.05) is 5.56 Å². The molecule has 0 aliphatic heterocycles. The lowest BCUT2D eigenvalue weighted by Crippen LogP contribution is -2.16. The minimum Gasteiger partial charge on any atom is -0.508 e. The maximum atomic E-state index is 11.8. The molecule has 1 atom stereocenters. The van der Waals surface area contributed by atoms with Crippen LogP contribution in [0.15, 0.2) is 36.4 Å². The molecule has 6 nitrogen and oxygen atoms in total. The summed E-state index contributed by atoms with van der Waals surface area (Å²) in [7, 11) is 4.42. The molecule has 0 fully saturated rings. The Morgan fingerprint density at radius 2 is 1.75 bits per heavy atom. The van der Waals surface area contributed by atoms with E-state index in [0.717, 1.165) is 0 Å². The molecule has 0 bridgehead atoms. The molecule has 1 unspecified atom stereocenters. The topological polar surface area (TPSA) is 85.2 Å². The van der Waals surface area contributed by atoms with E-state index in [1.54, 1.807) is 30.3 Å². The molecule has 2 rings (SSSR count). The van der Waals surface area contributed by atoms with Gasteiger partial charge in [0.1, 0.15) is 5.75 Å². The van der Waals surface area contributed by atoms with Crippen molar-refractivity contribution in [2.24, 2.45) is 0 Å². The summed E-state index contributed by atoms with van der Waals surface area (Å²) < 4.78 is 15.9. The summed E-state index contributed by atoms with van der Waals surface area (Å²) in [6.07, 6.45) is 0.204. The second kappa shape index (κ2) is 7.59. The van der Waals surface area contributed by atoms with Crippen LogP contribution < -0.4 is 14.2 Å². The first-order valence-electron chi connectivity index (χ1n) is 7.31. The molecule has 0 heterocycles. The SMILES string of the molecule is COc1ccc(C(Cc2cccc(O)c2)C(=O)O)c(OC)c1OC. The Bertz CT molecular complexity index is 725. The van der Waals surface area contributed by atoms with Gasteiger partial charge < -0.3 is 24.4 Å². The Balaban J connectivity index is 2.50. The maximum absolute atomic E-state index is 11.8. The highest BCUT2D eigenvalue weighted by Gasteiger charge is 2.27. The molecule has 0 aromatic heterocycles. The summed E-state index contributed by atoms with van der Waals surface area (Å²) in [5.74, 6) is -0.634. The number of phenolic OH excluding ortho intramolecular Hbond substituents is 1. The molecule has 24 heavy (non-hydrogen) atoms. The molecule has 128 valence electrons. The van der Waals surface area contributed by atoms with Crippen LogP contribution in [0.2, 0.25) is 0 Å². The molecule has 0 amide bonds. The summed E-state index contributed by atoms with van der Waals surface area (Å²) in [6, 6.07) is 9.83. The Morgan fingerprint density at radius 1 is 1.04 bits per heavy atom. The average Bonchev–Trinajstić information content (AvgIpc) is 2.58. The third-order valence-corrected chi connectivity index (χ3v) is 3.76. The zero-order chi connectivity index (χ0) is 17.7. The number of carboxylic acid groups (broad SMARTS) is 1. The monoisotopic (exact) mass is 332 g/mol. The molecule has 2 N–H and O–H groups in total. The molecular formula is C18H20O6. The van der Waals surface area contributed by atoms with Crippen LogP contribution in [0.1, 0.15) is 17.0 Å². The maximum Gasteiger partial charge on any atom is 0.311 e. The van der Waals surface area contributed by atoms with Crippen LogP contribution in [0.4, 0.5) is 0 Å². The van der Waals surface area contributed by atoms with Gasteiger partial charge in [-0.25, -0.2) is 0 Å². The zero-order valence-electron chi connectivity index (χ0n) is 13.8. The average molecular weight is 332 g/mol. The van der Waals surface area contributed by atoms with Crippen LogP contribution in [0.5, 0.6) is 23.0 Å². The lowest BCUT2D eigenvalue weighted by Gasteiger charge is -2.20. The Morgan fingerprint density at radius 3 is 2.29 bits per heavy atom. The third kappa shape index (κ3) is 3.53. The van der Waals surface area contributed by atoms with E-state index in [2.05, 4.69) is 0 Å². The highest BCUT2D eigenvalue weighted by atomic mass is 16.5. The van der Waals surface area contributed by atoms with Gasteiger partial charge in [0.2, 0.25) is 5.75 Å². The van der Waals surface area contributed by atoms with Crippen molar-refractivity contribution in [1.29, 1.82) is 0 Å². The minimum absolute atomic E-state index is 0.0934. The highest BCUT2D eigenvalue weighted by Crippen LogP contribution is 2.43. The quantitative estimate of drug-likeness (QED) is 0.811. The second-order valence-electron chi connectivity index (χ2n) is 5.19. The van der Waals surface area contributed by atoms with Crippen molar-refractivity contribution in [2.75, 3.05) is 21.3 Å². The first-order valence-corrected chi connectivity index (χ1v) is 7.31. The molecule has 0 aliphatic rings. The summed E-state index contributed by atoms with van der Waals surface area (Å²) in [5.41, 5.74) is 1.19. The van der Waals surface area contributed by atoms with Crippen LogP contribution in [0, 0.1) is 0 Å². The Hall–Kier alpha value is -2.89. The number of hydrogen-bond acceptors (Lipinski definition) is 5. The number of ether oxygens (including phenoxy) is 3. The van der Waals surface area contributed by atoms with Crippen molar-refractivity contribution in [1.82, 2.24) is 0 Å². The van der Waals surface area contributed by atoms with Crippen LogP contribution in [0.25, 0.3) is 0 Å². The molecule has 6 heteroatoms. The van der Waals surface area contributed by atoms with E-state index in [-0.39, 0.29) is 12.2 Å². The molecule has 2 aromatic rings. The van der Waals surface area contributed by atoms with Crippen molar-refractivity contribution in [3.05, 3.63) is 47.5 Å². The van der Waals surface area contributed by atoms with E-state index in [4.69, 9.17) is 14.2 Å². The predicted octanol–water partition coefficient (Wildman–Crippen LogP) is 2.83. The zero-order valence-corrected chi connectivity index (χ0v) is 13.8. The van der Waals surface area contributed by atoms with Gasteiger partial charge in [-0.1, -0.05) is 18.2 Å². The second-order valence-corrected chi connectivity index (χ2v) is 5.19. The van der Waals surface area contributed by atoms with Gasteiger partial charge in [-0.15, -0.1) is 0 Å². The van der Waals surface area contributed by atoms with Gasteiger partial charge in [0.15, 0.2) is 11.5 Å². The lowest BCUT2D eigenvalue weighted by molar-refractivity contribution is -0.138. The van der Waals surface area contributed by atoms with Gasteiger partial charge in [0.25, 0.3) is 0 Å². The molecular weight excluding hydrogens is 312 g/mol. The van der Waals surface area contributed by atoms with Gasteiger partial charge >= 0.3 is 5.97 Å². The fourth-order valence-corrected chi connectivity index (χ4v) is 2.65. The van der Waals surface area contributed by atoms with Crippen molar-refractivity contribution >= 4 is 5.97 Å². The van der Waals surface area contributed by atoms with Crippen LogP contribution in [0.3, 0.4) is 0 Å². The summed E-state index contributed by atoms with van der Waals surface area (Å²) in [6.45, 7) is 0. The number of aromatic hydroxyl groups is 1. The van der Waals surface area contributed by atoms with E-state index >= 15 is 0 Å². The molecule has 0 radical (unpaired) electrons. The van der Waals surface area contributed by atoms with Gasteiger partial charge in [-0.2, -0.15) is 0 Å². The molecule has 0 aliphatic carbocycles. The number of rotatable bonds is 7. The number of phenols is 1. The molecule has 0 saturated carbocycles.